The molecule has 0 fully saturated rings. The molecular weight excluding hydrogens is 922 g/mol. The van der Waals surface area contributed by atoms with Crippen molar-refractivity contribution < 1.29 is 4.42 Å². The smallest absolute Gasteiger partial charge is 0.252 e. The lowest BCUT2D eigenvalue weighted by atomic mass is 9.33. The molecule has 5 heteroatoms. The number of para-hydroxylation sites is 3. The number of nitrogens with zero attached hydrogens (tertiary/aromatic N) is 3. The van der Waals surface area contributed by atoms with Crippen LogP contribution in [-0.2, 0) is 27.1 Å². The second-order valence-corrected chi connectivity index (χ2v) is 26.9. The van der Waals surface area contributed by atoms with E-state index in [1.807, 2.05) is 0 Å². The zero-order valence-electron chi connectivity index (χ0n) is 47.5. The van der Waals surface area contributed by atoms with E-state index < -0.39 is 0 Å². The molecule has 3 heterocycles. The molecule has 0 N–H and O–H groups in total. The predicted molar refractivity (Wildman–Crippen MR) is 326 cm³/mol. The maximum absolute atomic E-state index is 7.07. The fourth-order valence-electron chi connectivity index (χ4n) is 14.2. The van der Waals surface area contributed by atoms with Gasteiger partial charge in [0.15, 0.2) is 0 Å². The molecule has 4 nitrogen and oxygen atoms in total. The van der Waals surface area contributed by atoms with E-state index in [2.05, 4.69) is 257 Å². The van der Waals surface area contributed by atoms with Crippen molar-refractivity contribution in [1.29, 1.82) is 0 Å². The van der Waals surface area contributed by atoms with Gasteiger partial charge in [-0.05, 0) is 196 Å². The Morgan fingerprint density at radius 1 is 0.487 bits per heavy atom. The summed E-state index contributed by atoms with van der Waals surface area (Å²) >= 11 is 0. The van der Waals surface area contributed by atoms with Crippen LogP contribution < -0.4 is 31.1 Å². The molecule has 0 atom stereocenters. The van der Waals surface area contributed by atoms with E-state index in [4.69, 9.17) is 4.42 Å². The van der Waals surface area contributed by atoms with Crippen molar-refractivity contribution in [3.05, 3.63) is 190 Å². The number of furan rings is 1. The molecule has 8 aromatic carbocycles. The monoisotopic (exact) mass is 996 g/mol. The van der Waals surface area contributed by atoms with Crippen LogP contribution in [0.2, 0.25) is 0 Å². The molecule has 76 heavy (non-hydrogen) atoms. The number of benzene rings is 8. The van der Waals surface area contributed by atoms with Crippen LogP contribution in [0.25, 0.3) is 21.9 Å². The van der Waals surface area contributed by atoms with Crippen molar-refractivity contribution in [3.8, 4) is 0 Å². The van der Waals surface area contributed by atoms with Crippen molar-refractivity contribution in [2.24, 2.45) is 0 Å². The van der Waals surface area contributed by atoms with Crippen LogP contribution in [0, 0.1) is 20.8 Å². The first-order valence-corrected chi connectivity index (χ1v) is 28.1. The van der Waals surface area contributed by atoms with Crippen LogP contribution in [-0.4, -0.2) is 6.71 Å². The summed E-state index contributed by atoms with van der Waals surface area (Å²) in [6.07, 6.45) is 4.65. The number of fused-ring (bicyclic) bond motifs is 9. The van der Waals surface area contributed by atoms with Gasteiger partial charge < -0.3 is 19.1 Å². The summed E-state index contributed by atoms with van der Waals surface area (Å²) in [6, 6.07) is 56.3. The first kappa shape index (κ1) is 48.7. The molecule has 0 spiro atoms. The summed E-state index contributed by atoms with van der Waals surface area (Å²) < 4.78 is 7.07. The maximum atomic E-state index is 7.07. The van der Waals surface area contributed by atoms with Gasteiger partial charge in [-0.15, -0.1) is 0 Å². The topological polar surface area (TPSA) is 22.9 Å². The van der Waals surface area contributed by atoms with Gasteiger partial charge in [0.05, 0.1) is 11.1 Å². The number of rotatable bonds is 5. The standard InChI is InChI=1S/C71H74BN3O/c1-43-37-61-65-62(38-43)75(58-32-30-50(67(4,5)6)66-64(58)48-23-17-20-26-63(48)76-66)59-40-47(73(56-24-18-15-21-44(56)2)57-25-19-16-22-45(57)3)28-31-54(59)72(65)55-41-52-53(71(13,14)36-35-70(52,11)12)42-60(55)74(61)46-27-29-49-51(39-46)69(9,10)34-33-68(49,7)8/h15-32,37-42H,33-36H2,1-14H3. The Kier molecular flexibility index (Phi) is 10.6. The van der Waals surface area contributed by atoms with Gasteiger partial charge in [-0.1, -0.05) is 155 Å². The number of aryl methyl sites for hydroxylation is 3. The SMILES string of the molecule is Cc1cc2c3c(c1)N(c1ccc(C(C)(C)C)c4oc5ccccc5c14)c1cc(N(c4ccccc4C)c4ccccc4C)ccc1B3c1cc3c(cc1N2c1ccc2c(c1)C(C)(C)CCC2(C)C)C(C)(C)CCC3(C)C. The predicted octanol–water partition coefficient (Wildman–Crippen LogP) is 18.1. The van der Waals surface area contributed by atoms with Crippen LogP contribution >= 0.6 is 0 Å². The molecule has 1 aromatic heterocycles. The lowest BCUT2D eigenvalue weighted by molar-refractivity contribution is 0.332. The van der Waals surface area contributed by atoms with Gasteiger partial charge in [-0.25, -0.2) is 0 Å². The third kappa shape index (κ3) is 7.23. The Labute approximate surface area is 452 Å². The molecule has 9 aromatic rings. The van der Waals surface area contributed by atoms with Crippen LogP contribution in [0.3, 0.4) is 0 Å². The van der Waals surface area contributed by atoms with E-state index in [9.17, 15) is 0 Å². The summed E-state index contributed by atoms with van der Waals surface area (Å²) in [5, 5.41) is 2.28. The van der Waals surface area contributed by atoms with Gasteiger partial charge in [0.25, 0.3) is 6.71 Å². The third-order valence-electron chi connectivity index (χ3n) is 18.8. The Bertz CT molecular complexity index is 3850. The minimum Gasteiger partial charge on any atom is -0.456 e. The summed E-state index contributed by atoms with van der Waals surface area (Å²) in [4.78, 5) is 7.82. The molecule has 2 aliphatic carbocycles. The number of hydrogen-bond donors (Lipinski definition) is 0. The van der Waals surface area contributed by atoms with Gasteiger partial charge in [0.2, 0.25) is 0 Å². The largest absolute Gasteiger partial charge is 0.456 e. The minimum atomic E-state index is -0.156. The van der Waals surface area contributed by atoms with E-state index in [0.29, 0.717) is 0 Å². The van der Waals surface area contributed by atoms with Crippen molar-refractivity contribution in [2.75, 3.05) is 14.7 Å². The van der Waals surface area contributed by atoms with Crippen molar-refractivity contribution in [2.45, 2.75) is 150 Å². The van der Waals surface area contributed by atoms with E-state index in [-0.39, 0.29) is 33.8 Å². The Hall–Kier alpha value is -6.98. The highest BCUT2D eigenvalue weighted by molar-refractivity contribution is 7.00. The Morgan fingerprint density at radius 2 is 1.04 bits per heavy atom. The molecule has 382 valence electrons. The lowest BCUT2D eigenvalue weighted by Crippen LogP contribution is -2.62. The van der Waals surface area contributed by atoms with E-state index in [0.717, 1.165) is 52.6 Å². The van der Waals surface area contributed by atoms with E-state index in [1.54, 1.807) is 0 Å². The Morgan fingerprint density at radius 3 is 1.67 bits per heavy atom. The third-order valence-corrected chi connectivity index (χ3v) is 18.8. The molecule has 0 bridgehead atoms. The molecule has 0 amide bonds. The van der Waals surface area contributed by atoms with Crippen molar-refractivity contribution in [3.63, 3.8) is 0 Å². The van der Waals surface area contributed by atoms with E-state index >= 15 is 0 Å². The van der Waals surface area contributed by atoms with Gasteiger partial charge in [0.1, 0.15) is 11.2 Å². The van der Waals surface area contributed by atoms with Gasteiger partial charge in [0, 0.05) is 56.4 Å². The number of hydrogen-bond acceptors (Lipinski definition) is 4. The van der Waals surface area contributed by atoms with E-state index in [1.165, 1.54) is 107 Å². The molecule has 0 radical (unpaired) electrons. The lowest BCUT2D eigenvalue weighted by Gasteiger charge is -2.48. The highest BCUT2D eigenvalue weighted by atomic mass is 16.3. The fourth-order valence-corrected chi connectivity index (χ4v) is 14.2. The average molecular weight is 996 g/mol. The first-order valence-electron chi connectivity index (χ1n) is 28.1. The molecule has 0 saturated carbocycles. The highest BCUT2D eigenvalue weighted by Crippen LogP contribution is 2.55. The summed E-state index contributed by atoms with van der Waals surface area (Å²) in [6.45, 7) is 33.4. The molecule has 0 saturated heterocycles. The second-order valence-electron chi connectivity index (χ2n) is 26.9. The quantitative estimate of drug-likeness (QED) is 0.160. The van der Waals surface area contributed by atoms with Crippen LogP contribution in [0.4, 0.5) is 51.2 Å². The highest BCUT2D eigenvalue weighted by Gasteiger charge is 2.48. The van der Waals surface area contributed by atoms with Crippen molar-refractivity contribution in [1.82, 2.24) is 0 Å². The molecule has 13 rings (SSSR count). The molecule has 2 aliphatic heterocycles. The average Bonchev–Trinajstić information content (AvgIpc) is 3.87. The Balaban J connectivity index is 1.17. The van der Waals surface area contributed by atoms with Gasteiger partial charge in [-0.2, -0.15) is 0 Å². The first-order chi connectivity index (χ1) is 36.0. The second kappa shape index (κ2) is 16.5. The van der Waals surface area contributed by atoms with Crippen LogP contribution in [0.1, 0.15) is 146 Å². The van der Waals surface area contributed by atoms with Crippen LogP contribution in [0.15, 0.2) is 150 Å². The molecule has 0 unspecified atom stereocenters. The number of anilines is 9. The summed E-state index contributed by atoms with van der Waals surface area (Å²) in [5.74, 6) is 0. The summed E-state index contributed by atoms with van der Waals surface area (Å²) in [5.41, 5.74) is 27.5. The van der Waals surface area contributed by atoms with Gasteiger partial charge in [-0.3, -0.25) is 0 Å². The molecular formula is C71H74BN3O. The zero-order valence-corrected chi connectivity index (χ0v) is 47.5. The fraction of sp³-hybridized carbons (Fsp3) is 0.324. The van der Waals surface area contributed by atoms with Crippen molar-refractivity contribution >= 4 is 96.2 Å². The minimum absolute atomic E-state index is 0.0141. The van der Waals surface area contributed by atoms with Crippen LogP contribution in [0.5, 0.6) is 0 Å². The maximum Gasteiger partial charge on any atom is 0.252 e. The summed E-state index contributed by atoms with van der Waals surface area (Å²) in [7, 11) is 0. The zero-order chi connectivity index (χ0) is 53.2. The molecule has 4 aliphatic rings. The normalized spacial score (nSPS) is 17.5. The van der Waals surface area contributed by atoms with Gasteiger partial charge >= 0.3 is 0 Å².